The molecule has 0 nitrogen and oxygen atoms in total. The first-order chi connectivity index (χ1) is 6.88. The lowest BCUT2D eigenvalue weighted by atomic mass is 9.98. The summed E-state index contributed by atoms with van der Waals surface area (Å²) < 4.78 is 0. The van der Waals surface area contributed by atoms with Crippen molar-refractivity contribution in [3.8, 4) is 0 Å². The fourth-order valence-electron chi connectivity index (χ4n) is 1.69. The van der Waals surface area contributed by atoms with Gasteiger partial charge >= 0.3 is 0 Å². The maximum atomic E-state index is 3.38. The highest BCUT2D eigenvalue weighted by atomic mass is 14.1. The molecule has 0 aromatic heterocycles. The molecule has 0 heterocycles. The molecule has 0 saturated heterocycles. The van der Waals surface area contributed by atoms with Crippen molar-refractivity contribution in [3.63, 3.8) is 0 Å². The van der Waals surface area contributed by atoms with Gasteiger partial charge in [-0.3, -0.25) is 0 Å². The molecule has 0 aliphatic rings. The van der Waals surface area contributed by atoms with Crippen LogP contribution in [0.5, 0.6) is 0 Å². The molecular formula is C14H21. The molecule has 0 fully saturated rings. The minimum Gasteiger partial charge on any atom is -0.0654 e. The lowest BCUT2D eigenvalue weighted by Crippen LogP contribution is -1.94. The maximum absolute atomic E-state index is 3.38. The molecule has 14 heavy (non-hydrogen) atoms. The molecule has 1 radical (unpaired) electrons. The van der Waals surface area contributed by atoms with Crippen molar-refractivity contribution in [1.82, 2.24) is 0 Å². The Morgan fingerprint density at radius 1 is 1.07 bits per heavy atom. The van der Waals surface area contributed by atoms with E-state index in [1.54, 1.807) is 0 Å². The van der Waals surface area contributed by atoms with E-state index in [0.29, 0.717) is 0 Å². The van der Waals surface area contributed by atoms with E-state index >= 15 is 0 Å². The van der Waals surface area contributed by atoms with Crippen LogP contribution in [0, 0.1) is 6.07 Å². The van der Waals surface area contributed by atoms with Crippen LogP contribution in [0.15, 0.2) is 18.2 Å². The molecule has 77 valence electrons. The Kier molecular flexibility index (Phi) is 5.36. The molecule has 1 aromatic rings. The van der Waals surface area contributed by atoms with E-state index in [1.165, 1.54) is 49.7 Å². The third kappa shape index (κ3) is 3.53. The van der Waals surface area contributed by atoms with Gasteiger partial charge in [0.05, 0.1) is 0 Å². The smallest absolute Gasteiger partial charge is 0.0146 e. The van der Waals surface area contributed by atoms with Gasteiger partial charge in [-0.1, -0.05) is 44.9 Å². The highest BCUT2D eigenvalue weighted by Crippen LogP contribution is 2.14. The van der Waals surface area contributed by atoms with E-state index in [-0.39, 0.29) is 0 Å². The minimum atomic E-state index is 1.20. The standard InChI is InChI=1S/C14H21/c1-3-5-9-13-11-7-8-12-14(13)10-6-4-2/h7-8,11H,3-6,9-10H2,1-2H3. The van der Waals surface area contributed by atoms with Gasteiger partial charge in [0.2, 0.25) is 0 Å². The van der Waals surface area contributed by atoms with Crippen LogP contribution in [-0.2, 0) is 12.8 Å². The second-order valence-corrected chi connectivity index (χ2v) is 3.88. The van der Waals surface area contributed by atoms with Gasteiger partial charge in [-0.25, -0.2) is 0 Å². The second-order valence-electron chi connectivity index (χ2n) is 3.88. The Labute approximate surface area is 88.4 Å². The molecule has 0 N–H and O–H groups in total. The van der Waals surface area contributed by atoms with Crippen LogP contribution in [-0.4, -0.2) is 0 Å². The first-order valence-electron chi connectivity index (χ1n) is 5.87. The van der Waals surface area contributed by atoms with E-state index in [1.807, 2.05) is 6.07 Å². The minimum absolute atomic E-state index is 1.20. The van der Waals surface area contributed by atoms with Crippen molar-refractivity contribution in [1.29, 1.82) is 0 Å². The van der Waals surface area contributed by atoms with E-state index in [9.17, 15) is 0 Å². The Morgan fingerprint density at radius 3 is 2.50 bits per heavy atom. The highest BCUT2D eigenvalue weighted by molar-refractivity contribution is 5.26. The van der Waals surface area contributed by atoms with Crippen molar-refractivity contribution in [3.05, 3.63) is 35.4 Å². The molecule has 1 rings (SSSR count). The number of benzene rings is 1. The largest absolute Gasteiger partial charge is 0.0654 e. The zero-order valence-electron chi connectivity index (χ0n) is 9.47. The summed E-state index contributed by atoms with van der Waals surface area (Å²) in [7, 11) is 0. The van der Waals surface area contributed by atoms with Crippen LogP contribution in [0.2, 0.25) is 0 Å². The first-order valence-corrected chi connectivity index (χ1v) is 5.87. The number of aryl methyl sites for hydroxylation is 2. The van der Waals surface area contributed by atoms with Crippen molar-refractivity contribution < 1.29 is 0 Å². The van der Waals surface area contributed by atoms with Crippen molar-refractivity contribution in [2.24, 2.45) is 0 Å². The van der Waals surface area contributed by atoms with Crippen molar-refractivity contribution in [2.45, 2.75) is 52.4 Å². The zero-order valence-corrected chi connectivity index (χ0v) is 9.47. The third-order valence-electron chi connectivity index (χ3n) is 2.62. The van der Waals surface area contributed by atoms with Crippen molar-refractivity contribution in [2.75, 3.05) is 0 Å². The Bertz CT molecular complexity index is 223. The van der Waals surface area contributed by atoms with Gasteiger partial charge in [-0.15, -0.1) is 0 Å². The predicted molar refractivity (Wildman–Crippen MR) is 62.5 cm³/mol. The number of rotatable bonds is 6. The van der Waals surface area contributed by atoms with Crippen LogP contribution >= 0.6 is 0 Å². The molecule has 0 aliphatic heterocycles. The van der Waals surface area contributed by atoms with Gasteiger partial charge < -0.3 is 0 Å². The van der Waals surface area contributed by atoms with Crippen LogP contribution in [0.4, 0.5) is 0 Å². The summed E-state index contributed by atoms with van der Waals surface area (Å²) in [6.07, 6.45) is 7.58. The van der Waals surface area contributed by atoms with Crippen LogP contribution in [0.1, 0.15) is 50.7 Å². The number of hydrogen-bond donors (Lipinski definition) is 0. The Hall–Kier alpha value is -0.780. The van der Waals surface area contributed by atoms with Crippen LogP contribution < -0.4 is 0 Å². The zero-order chi connectivity index (χ0) is 10.2. The molecule has 0 amide bonds. The number of hydrogen-bond acceptors (Lipinski definition) is 0. The van der Waals surface area contributed by atoms with E-state index in [0.717, 1.165) is 0 Å². The Morgan fingerprint density at radius 2 is 1.79 bits per heavy atom. The van der Waals surface area contributed by atoms with Gasteiger partial charge in [0.1, 0.15) is 0 Å². The lowest BCUT2D eigenvalue weighted by molar-refractivity contribution is 0.757. The fourth-order valence-corrected chi connectivity index (χ4v) is 1.69. The molecule has 0 saturated carbocycles. The quantitative estimate of drug-likeness (QED) is 0.630. The Balaban J connectivity index is 2.60. The summed E-state index contributed by atoms with van der Waals surface area (Å²) in [6.45, 7) is 4.49. The molecule has 0 heteroatoms. The third-order valence-corrected chi connectivity index (χ3v) is 2.62. The number of unbranched alkanes of at least 4 members (excludes halogenated alkanes) is 2. The summed E-state index contributed by atoms with van der Waals surface area (Å²) in [5, 5.41) is 0. The van der Waals surface area contributed by atoms with Crippen molar-refractivity contribution >= 4 is 0 Å². The van der Waals surface area contributed by atoms with Gasteiger partial charge in [0.25, 0.3) is 0 Å². The normalized spacial score (nSPS) is 10.4. The highest BCUT2D eigenvalue weighted by Gasteiger charge is 2.00. The van der Waals surface area contributed by atoms with Gasteiger partial charge in [-0.05, 0) is 42.9 Å². The molecule has 0 atom stereocenters. The van der Waals surface area contributed by atoms with E-state index in [2.05, 4.69) is 32.0 Å². The molecule has 0 aliphatic carbocycles. The van der Waals surface area contributed by atoms with E-state index < -0.39 is 0 Å². The lowest BCUT2D eigenvalue weighted by Gasteiger charge is -2.07. The van der Waals surface area contributed by atoms with Gasteiger partial charge in [0, 0.05) is 0 Å². The SMILES string of the molecule is CCCCc1[c]cccc1CCCC. The predicted octanol–water partition coefficient (Wildman–Crippen LogP) is 4.17. The van der Waals surface area contributed by atoms with Crippen LogP contribution in [0.3, 0.4) is 0 Å². The maximum Gasteiger partial charge on any atom is -0.0146 e. The average molecular weight is 189 g/mol. The molecule has 0 bridgehead atoms. The molecular weight excluding hydrogens is 168 g/mol. The fraction of sp³-hybridized carbons (Fsp3) is 0.571. The summed E-state index contributed by atoms with van der Waals surface area (Å²) in [5.41, 5.74) is 2.96. The summed E-state index contributed by atoms with van der Waals surface area (Å²) in [4.78, 5) is 0. The average Bonchev–Trinajstić information content (AvgIpc) is 2.24. The second kappa shape index (κ2) is 6.64. The van der Waals surface area contributed by atoms with Crippen LogP contribution in [0.25, 0.3) is 0 Å². The van der Waals surface area contributed by atoms with E-state index in [4.69, 9.17) is 0 Å². The molecule has 1 aromatic carbocycles. The first kappa shape index (κ1) is 11.3. The summed E-state index contributed by atoms with van der Waals surface area (Å²) >= 11 is 0. The molecule has 0 unspecified atom stereocenters. The molecule has 0 spiro atoms. The monoisotopic (exact) mass is 189 g/mol. The summed E-state index contributed by atoms with van der Waals surface area (Å²) in [5.74, 6) is 0. The topological polar surface area (TPSA) is 0 Å². The van der Waals surface area contributed by atoms with Gasteiger partial charge in [0.15, 0.2) is 0 Å². The summed E-state index contributed by atoms with van der Waals surface area (Å²) in [6, 6.07) is 9.80. The van der Waals surface area contributed by atoms with Gasteiger partial charge in [-0.2, -0.15) is 0 Å².